The summed E-state index contributed by atoms with van der Waals surface area (Å²) in [6.07, 6.45) is 0.852. The summed E-state index contributed by atoms with van der Waals surface area (Å²) in [6.45, 7) is 0. The number of aromatic nitrogens is 2. The van der Waals surface area contributed by atoms with Crippen molar-refractivity contribution in [3.05, 3.63) is 44.1 Å². The van der Waals surface area contributed by atoms with Crippen LogP contribution in [-0.4, -0.2) is 23.9 Å². The van der Waals surface area contributed by atoms with Gasteiger partial charge in [-0.25, -0.2) is 18.0 Å². The topological polar surface area (TPSA) is 90.2 Å². The molecule has 102 valence electrons. The van der Waals surface area contributed by atoms with E-state index < -0.39 is 21.3 Å². The molecular weight excluding hydrogens is 294 g/mol. The highest BCUT2D eigenvalue weighted by Crippen LogP contribution is 2.14. The highest BCUT2D eigenvalue weighted by Gasteiger charge is 2.13. The van der Waals surface area contributed by atoms with Crippen LogP contribution in [0.2, 0.25) is 5.02 Å². The number of aryl methyl sites for hydroxylation is 1. The predicted octanol–water partition coefficient (Wildman–Crippen LogP) is -0.143. The van der Waals surface area contributed by atoms with Crippen molar-refractivity contribution in [1.82, 2.24) is 9.24 Å². The molecule has 7 nitrogen and oxygen atoms in total. The van der Waals surface area contributed by atoms with Gasteiger partial charge in [0, 0.05) is 12.1 Å². The molecular formula is C10H10ClN3O4S. The van der Waals surface area contributed by atoms with Crippen molar-refractivity contribution in [2.75, 3.05) is 11.1 Å². The molecule has 0 amide bonds. The highest BCUT2D eigenvalue weighted by atomic mass is 35.5. The molecule has 0 saturated heterocycles. The summed E-state index contributed by atoms with van der Waals surface area (Å²) in [6, 6.07) is 4.38. The van der Waals surface area contributed by atoms with Crippen LogP contribution in [0, 0.1) is 0 Å². The lowest BCUT2D eigenvalue weighted by Crippen LogP contribution is -2.45. The van der Waals surface area contributed by atoms with Gasteiger partial charge in [-0.3, -0.25) is 9.36 Å². The van der Waals surface area contributed by atoms with Gasteiger partial charge in [-0.05, 0) is 18.2 Å². The molecule has 2 rings (SSSR count). The van der Waals surface area contributed by atoms with Gasteiger partial charge in [0.2, 0.25) is 10.0 Å². The van der Waals surface area contributed by atoms with Gasteiger partial charge in [0.25, 0.3) is 5.56 Å². The molecule has 0 aliphatic rings. The Labute approximate surface area is 113 Å². The number of fused-ring (bicyclic) bond motifs is 1. The van der Waals surface area contributed by atoms with Crippen LogP contribution in [0.1, 0.15) is 0 Å². The molecule has 2 aromatic rings. The number of hydrogen-bond acceptors (Lipinski definition) is 4. The number of nitrogens with one attached hydrogen (secondary N) is 1. The number of halogens is 1. The normalized spacial score (nSPS) is 11.7. The van der Waals surface area contributed by atoms with Crippen LogP contribution in [-0.2, 0) is 17.1 Å². The van der Waals surface area contributed by atoms with Gasteiger partial charge in [0.1, 0.15) is 0 Å². The Kier molecular flexibility index (Phi) is 3.15. The minimum atomic E-state index is -3.74. The molecule has 9 heteroatoms. The number of nitrogens with zero attached hydrogens (tertiary/aromatic N) is 2. The van der Waals surface area contributed by atoms with Crippen LogP contribution in [0.25, 0.3) is 10.9 Å². The second-order valence-corrected chi connectivity index (χ2v) is 6.17. The zero-order valence-corrected chi connectivity index (χ0v) is 11.6. The maximum atomic E-state index is 12.1. The van der Waals surface area contributed by atoms with Gasteiger partial charge in [-0.1, -0.05) is 11.6 Å². The lowest BCUT2D eigenvalue weighted by molar-refractivity contribution is 0.597. The highest BCUT2D eigenvalue weighted by molar-refractivity contribution is 7.91. The van der Waals surface area contributed by atoms with Crippen molar-refractivity contribution in [1.29, 1.82) is 0 Å². The van der Waals surface area contributed by atoms with E-state index in [1.54, 1.807) is 0 Å². The van der Waals surface area contributed by atoms with E-state index in [0.717, 1.165) is 10.8 Å². The minimum Gasteiger partial charge on any atom is -0.295 e. The Balaban J connectivity index is 2.93. The molecule has 1 aromatic heterocycles. The molecule has 0 aliphatic carbocycles. The van der Waals surface area contributed by atoms with E-state index in [2.05, 4.69) is 0 Å². The average Bonchev–Trinajstić information content (AvgIpc) is 2.30. The largest absolute Gasteiger partial charge is 0.351 e. The Bertz CT molecular complexity index is 882. The fraction of sp³-hybridized carbons (Fsp3) is 0.200. The van der Waals surface area contributed by atoms with Crippen molar-refractivity contribution in [2.24, 2.45) is 7.05 Å². The first-order valence-electron chi connectivity index (χ1n) is 5.10. The number of benzene rings is 1. The Hall–Kier alpha value is -1.80. The van der Waals surface area contributed by atoms with E-state index in [9.17, 15) is 18.0 Å². The maximum absolute atomic E-state index is 12.1. The first-order valence-corrected chi connectivity index (χ1v) is 7.37. The Morgan fingerprint density at radius 1 is 1.26 bits per heavy atom. The summed E-state index contributed by atoms with van der Waals surface area (Å²) in [7, 11) is -2.32. The smallest absolute Gasteiger partial charge is 0.295 e. The molecule has 0 aliphatic heterocycles. The van der Waals surface area contributed by atoms with E-state index in [-0.39, 0.29) is 5.39 Å². The van der Waals surface area contributed by atoms with Gasteiger partial charge in [-0.2, -0.15) is 4.68 Å². The molecule has 1 aromatic carbocycles. The van der Waals surface area contributed by atoms with Crippen LogP contribution in [0.4, 0.5) is 0 Å². The second-order valence-electron chi connectivity index (χ2n) is 4.01. The molecule has 19 heavy (non-hydrogen) atoms. The van der Waals surface area contributed by atoms with Crippen LogP contribution in [0.3, 0.4) is 0 Å². The van der Waals surface area contributed by atoms with E-state index in [4.69, 9.17) is 11.6 Å². The lowest BCUT2D eigenvalue weighted by Gasteiger charge is -2.11. The zero-order chi connectivity index (χ0) is 14.4. The summed E-state index contributed by atoms with van der Waals surface area (Å²) in [5.41, 5.74) is -1.22. The fourth-order valence-corrected chi connectivity index (χ4v) is 2.33. The summed E-state index contributed by atoms with van der Waals surface area (Å²) in [5, 5.41) is 0.554. The van der Waals surface area contributed by atoms with Crippen LogP contribution in [0.5, 0.6) is 0 Å². The number of sulfonamides is 1. The van der Waals surface area contributed by atoms with Crippen LogP contribution in [0.15, 0.2) is 27.8 Å². The number of hydrogen-bond donors (Lipinski definition) is 1. The van der Waals surface area contributed by atoms with Crippen LogP contribution < -0.4 is 16.1 Å². The van der Waals surface area contributed by atoms with Crippen molar-refractivity contribution in [3.8, 4) is 0 Å². The molecule has 0 saturated carbocycles. The van der Waals surface area contributed by atoms with Crippen LogP contribution >= 0.6 is 11.6 Å². The molecule has 1 N–H and O–H groups in total. The van der Waals surface area contributed by atoms with E-state index in [1.807, 2.05) is 4.83 Å². The monoisotopic (exact) mass is 303 g/mol. The third kappa shape index (κ3) is 2.49. The minimum absolute atomic E-state index is 0.183. The molecule has 0 unspecified atom stereocenters. The standard InChI is InChI=1S/C10H10ClN3O4S/c1-13-8-5-6(11)3-4-7(8)9(15)14(10(13)16)12-19(2,17)18/h3-5,12H,1-2H3. The summed E-state index contributed by atoms with van der Waals surface area (Å²) in [4.78, 5) is 25.9. The van der Waals surface area contributed by atoms with Crippen molar-refractivity contribution in [2.45, 2.75) is 0 Å². The van der Waals surface area contributed by atoms with Gasteiger partial charge >= 0.3 is 5.69 Å². The predicted molar refractivity (Wildman–Crippen MR) is 72.7 cm³/mol. The first-order chi connectivity index (χ1) is 8.70. The summed E-state index contributed by atoms with van der Waals surface area (Å²) in [5.74, 6) is 0. The Morgan fingerprint density at radius 2 is 1.89 bits per heavy atom. The zero-order valence-electron chi connectivity index (χ0n) is 10.0. The van der Waals surface area contributed by atoms with Gasteiger partial charge in [0.15, 0.2) is 0 Å². The van der Waals surface area contributed by atoms with Crippen molar-refractivity contribution in [3.63, 3.8) is 0 Å². The van der Waals surface area contributed by atoms with Crippen molar-refractivity contribution >= 4 is 32.5 Å². The SMILES string of the molecule is Cn1c(=O)n(NS(C)(=O)=O)c(=O)c2ccc(Cl)cc21. The van der Waals surface area contributed by atoms with E-state index in [1.165, 1.54) is 25.2 Å². The summed E-state index contributed by atoms with van der Waals surface area (Å²) >= 11 is 5.81. The molecule has 0 spiro atoms. The maximum Gasteiger partial charge on any atom is 0.351 e. The quantitative estimate of drug-likeness (QED) is 0.836. The van der Waals surface area contributed by atoms with Crippen molar-refractivity contribution < 1.29 is 8.42 Å². The van der Waals surface area contributed by atoms with Gasteiger partial charge in [0.05, 0.1) is 17.2 Å². The fourth-order valence-electron chi connectivity index (χ4n) is 1.67. The first kappa shape index (κ1) is 13.6. The third-order valence-electron chi connectivity index (χ3n) is 2.49. The lowest BCUT2D eigenvalue weighted by atomic mass is 10.2. The third-order valence-corrected chi connectivity index (χ3v) is 3.24. The Morgan fingerprint density at radius 3 is 2.47 bits per heavy atom. The molecule has 1 heterocycles. The molecule has 0 fully saturated rings. The molecule has 0 radical (unpaired) electrons. The number of rotatable bonds is 2. The van der Waals surface area contributed by atoms with Gasteiger partial charge < -0.3 is 0 Å². The van der Waals surface area contributed by atoms with E-state index in [0.29, 0.717) is 15.2 Å². The molecule has 0 bridgehead atoms. The summed E-state index contributed by atoms with van der Waals surface area (Å²) < 4.78 is 23.9. The van der Waals surface area contributed by atoms with Gasteiger partial charge in [-0.15, -0.1) is 0 Å². The molecule has 0 atom stereocenters. The average molecular weight is 304 g/mol. The second kappa shape index (κ2) is 4.39. The van der Waals surface area contributed by atoms with E-state index >= 15 is 0 Å².